The van der Waals surface area contributed by atoms with Gasteiger partial charge in [-0.2, -0.15) is 0 Å². The molecule has 1 aliphatic rings. The molecule has 0 fully saturated rings. The van der Waals surface area contributed by atoms with Gasteiger partial charge in [-0.1, -0.05) is 35.9 Å². The number of carbonyl (C=O) groups is 1. The highest BCUT2D eigenvalue weighted by atomic mass is 35.5. The molecule has 3 rings (SSSR count). The van der Waals surface area contributed by atoms with Crippen molar-refractivity contribution < 1.29 is 4.79 Å². The van der Waals surface area contributed by atoms with Gasteiger partial charge in [0.05, 0.1) is 0 Å². The van der Waals surface area contributed by atoms with Crippen LogP contribution in [-0.4, -0.2) is 19.4 Å². The molecule has 0 aliphatic carbocycles. The first kappa shape index (κ1) is 13.2. The summed E-state index contributed by atoms with van der Waals surface area (Å²) in [5.74, 6) is 0. The number of fused-ring (bicyclic) bond motifs is 1. The molecular weight excluding hydrogens is 270 g/mol. The summed E-state index contributed by atoms with van der Waals surface area (Å²) >= 11 is 6.08. The van der Waals surface area contributed by atoms with Gasteiger partial charge in [-0.3, -0.25) is 4.79 Å². The van der Waals surface area contributed by atoms with Crippen LogP contribution in [0.3, 0.4) is 0 Å². The average Bonchev–Trinajstić information content (AvgIpc) is 2.70. The second-order valence-corrected chi connectivity index (χ2v) is 5.51. The van der Waals surface area contributed by atoms with Crippen molar-refractivity contribution in [3.05, 3.63) is 64.2 Å². The third-order valence-electron chi connectivity index (χ3n) is 3.88. The molecule has 0 amide bonds. The van der Waals surface area contributed by atoms with Crippen molar-refractivity contribution in [3.63, 3.8) is 0 Å². The van der Waals surface area contributed by atoms with E-state index in [9.17, 15) is 4.79 Å². The van der Waals surface area contributed by atoms with Crippen LogP contribution in [0, 0.1) is 0 Å². The van der Waals surface area contributed by atoms with E-state index in [2.05, 4.69) is 29.2 Å². The summed E-state index contributed by atoms with van der Waals surface area (Å²) < 4.78 is 0. The lowest BCUT2D eigenvalue weighted by atomic mass is 10.0. The molecule has 1 heterocycles. The largest absolute Gasteiger partial charge is 0.370 e. The van der Waals surface area contributed by atoms with Crippen molar-refractivity contribution in [2.45, 2.75) is 12.8 Å². The van der Waals surface area contributed by atoms with Gasteiger partial charge in [-0.05, 0) is 42.2 Å². The van der Waals surface area contributed by atoms with Crippen molar-refractivity contribution in [2.75, 3.05) is 18.0 Å². The Morgan fingerprint density at radius 1 is 1.00 bits per heavy atom. The van der Waals surface area contributed by atoms with E-state index in [0.29, 0.717) is 10.6 Å². The van der Waals surface area contributed by atoms with Crippen molar-refractivity contribution in [3.8, 4) is 0 Å². The second kappa shape index (κ2) is 5.68. The lowest BCUT2D eigenvalue weighted by molar-refractivity contribution is 0.112. The number of aldehydes is 1. The Morgan fingerprint density at radius 3 is 2.25 bits per heavy atom. The molecular formula is C17H16ClNO. The number of benzene rings is 2. The Balaban J connectivity index is 1.90. The summed E-state index contributed by atoms with van der Waals surface area (Å²) in [6, 6.07) is 14.0. The number of rotatable bonds is 2. The van der Waals surface area contributed by atoms with Gasteiger partial charge in [-0.15, -0.1) is 0 Å². The summed E-state index contributed by atoms with van der Waals surface area (Å²) in [6.07, 6.45) is 2.91. The quantitative estimate of drug-likeness (QED) is 0.783. The molecule has 0 unspecified atom stereocenters. The maximum atomic E-state index is 11.2. The molecule has 0 saturated carbocycles. The van der Waals surface area contributed by atoms with Gasteiger partial charge in [0.15, 0.2) is 6.29 Å². The minimum Gasteiger partial charge on any atom is -0.370 e. The Hall–Kier alpha value is -1.80. The lowest BCUT2D eigenvalue weighted by Gasteiger charge is -2.24. The molecule has 1 aliphatic heterocycles. The fraction of sp³-hybridized carbons (Fsp3) is 0.235. The van der Waals surface area contributed by atoms with Crippen LogP contribution in [-0.2, 0) is 12.8 Å². The molecule has 0 atom stereocenters. The van der Waals surface area contributed by atoms with Crippen LogP contribution < -0.4 is 4.90 Å². The zero-order valence-corrected chi connectivity index (χ0v) is 11.9. The highest BCUT2D eigenvalue weighted by molar-refractivity contribution is 6.31. The molecule has 0 radical (unpaired) electrons. The fourth-order valence-corrected chi connectivity index (χ4v) is 2.97. The maximum absolute atomic E-state index is 11.2. The molecule has 0 aromatic heterocycles. The summed E-state index contributed by atoms with van der Waals surface area (Å²) in [6.45, 7) is 1.83. The standard InChI is InChI=1S/C17H16ClNO/c18-16-6-5-15(12-20)17(11-16)19-9-7-13-3-1-2-4-14(13)8-10-19/h1-6,11-12H,7-10H2. The number of halogens is 1. The van der Waals surface area contributed by atoms with Crippen LogP contribution in [0.15, 0.2) is 42.5 Å². The molecule has 2 aromatic carbocycles. The van der Waals surface area contributed by atoms with Crippen molar-refractivity contribution >= 4 is 23.6 Å². The van der Waals surface area contributed by atoms with Gasteiger partial charge >= 0.3 is 0 Å². The third kappa shape index (κ3) is 2.56. The zero-order chi connectivity index (χ0) is 13.9. The number of hydrogen-bond donors (Lipinski definition) is 0. The minimum absolute atomic E-state index is 0.673. The first-order valence-corrected chi connectivity index (χ1v) is 7.22. The van der Waals surface area contributed by atoms with E-state index >= 15 is 0 Å². The van der Waals surface area contributed by atoms with E-state index in [1.807, 2.05) is 6.07 Å². The number of anilines is 1. The molecule has 0 spiro atoms. The smallest absolute Gasteiger partial charge is 0.152 e. The van der Waals surface area contributed by atoms with E-state index in [4.69, 9.17) is 11.6 Å². The zero-order valence-electron chi connectivity index (χ0n) is 11.2. The van der Waals surface area contributed by atoms with Gasteiger partial charge in [0.25, 0.3) is 0 Å². The molecule has 0 N–H and O–H groups in total. The molecule has 0 bridgehead atoms. The van der Waals surface area contributed by atoms with Crippen LogP contribution in [0.5, 0.6) is 0 Å². The van der Waals surface area contributed by atoms with Gasteiger partial charge in [0, 0.05) is 29.4 Å². The molecule has 2 aromatic rings. The third-order valence-corrected chi connectivity index (χ3v) is 4.12. The monoisotopic (exact) mass is 285 g/mol. The Bertz CT molecular complexity index is 612. The lowest BCUT2D eigenvalue weighted by Crippen LogP contribution is -2.27. The first-order valence-electron chi connectivity index (χ1n) is 6.84. The molecule has 102 valence electrons. The topological polar surface area (TPSA) is 20.3 Å². The van der Waals surface area contributed by atoms with E-state index in [-0.39, 0.29) is 0 Å². The molecule has 0 saturated heterocycles. The van der Waals surface area contributed by atoms with E-state index in [1.165, 1.54) is 11.1 Å². The van der Waals surface area contributed by atoms with Crippen LogP contribution in [0.4, 0.5) is 5.69 Å². The van der Waals surface area contributed by atoms with Crippen LogP contribution in [0.1, 0.15) is 21.5 Å². The SMILES string of the molecule is O=Cc1ccc(Cl)cc1N1CCc2ccccc2CC1. The van der Waals surface area contributed by atoms with Gasteiger partial charge in [0.2, 0.25) is 0 Å². The summed E-state index contributed by atoms with van der Waals surface area (Å²) in [5.41, 5.74) is 4.47. The van der Waals surface area contributed by atoms with Crippen molar-refractivity contribution in [1.29, 1.82) is 0 Å². The van der Waals surface area contributed by atoms with Gasteiger partial charge in [0.1, 0.15) is 0 Å². The summed E-state index contributed by atoms with van der Waals surface area (Å²) in [4.78, 5) is 13.5. The fourth-order valence-electron chi connectivity index (χ4n) is 2.80. The second-order valence-electron chi connectivity index (χ2n) is 5.08. The van der Waals surface area contributed by atoms with Crippen molar-refractivity contribution in [1.82, 2.24) is 0 Å². The average molecular weight is 286 g/mol. The molecule has 3 heteroatoms. The van der Waals surface area contributed by atoms with Crippen molar-refractivity contribution in [2.24, 2.45) is 0 Å². The van der Waals surface area contributed by atoms with Crippen LogP contribution in [0.25, 0.3) is 0 Å². The van der Waals surface area contributed by atoms with Gasteiger partial charge < -0.3 is 4.90 Å². The molecule has 2 nitrogen and oxygen atoms in total. The number of hydrogen-bond acceptors (Lipinski definition) is 2. The summed E-state index contributed by atoms with van der Waals surface area (Å²) in [5, 5.41) is 0.673. The first-order chi connectivity index (χ1) is 9.78. The number of carbonyl (C=O) groups excluding carboxylic acids is 1. The minimum atomic E-state index is 0.673. The highest BCUT2D eigenvalue weighted by Crippen LogP contribution is 2.26. The van der Waals surface area contributed by atoms with Crippen LogP contribution >= 0.6 is 11.6 Å². The predicted molar refractivity (Wildman–Crippen MR) is 82.9 cm³/mol. The normalized spacial score (nSPS) is 14.6. The highest BCUT2D eigenvalue weighted by Gasteiger charge is 2.16. The molecule has 20 heavy (non-hydrogen) atoms. The van der Waals surface area contributed by atoms with E-state index in [1.54, 1.807) is 12.1 Å². The summed E-state index contributed by atoms with van der Waals surface area (Å²) in [7, 11) is 0. The maximum Gasteiger partial charge on any atom is 0.152 e. The van der Waals surface area contributed by atoms with Crippen LogP contribution in [0.2, 0.25) is 5.02 Å². The van der Waals surface area contributed by atoms with E-state index < -0.39 is 0 Å². The Labute approximate surface area is 124 Å². The Kier molecular flexibility index (Phi) is 3.75. The Morgan fingerprint density at radius 2 is 1.65 bits per heavy atom. The van der Waals surface area contributed by atoms with Gasteiger partial charge in [-0.25, -0.2) is 0 Å². The predicted octanol–water partition coefficient (Wildman–Crippen LogP) is 3.76. The van der Waals surface area contributed by atoms with E-state index in [0.717, 1.165) is 37.9 Å². The number of nitrogens with zero attached hydrogens (tertiary/aromatic N) is 1.